The molecule has 2 nitrogen and oxygen atoms in total. The first kappa shape index (κ1) is 27.7. The van der Waals surface area contributed by atoms with Crippen molar-refractivity contribution in [2.45, 2.75) is 99.1 Å². The normalized spacial score (nSPS) is 12.5. The van der Waals surface area contributed by atoms with Gasteiger partial charge in [-0.1, -0.05) is 103 Å². The number of hydrogen-bond donors (Lipinski definition) is 0. The van der Waals surface area contributed by atoms with Gasteiger partial charge < -0.3 is 9.13 Å². The van der Waals surface area contributed by atoms with Crippen molar-refractivity contribution in [3.63, 3.8) is 0 Å². The average Bonchev–Trinajstić information content (AvgIpc) is 2.67. The molecule has 4 heteroatoms. The van der Waals surface area contributed by atoms with Gasteiger partial charge in [-0.05, 0) is 54.4 Å². The fourth-order valence-electron chi connectivity index (χ4n) is 4.98. The maximum Gasteiger partial charge on any atom is 0.147 e. The molecule has 0 saturated heterocycles. The van der Waals surface area contributed by atoms with E-state index in [9.17, 15) is 0 Å². The van der Waals surface area contributed by atoms with E-state index in [0.717, 1.165) is 13.1 Å². The van der Waals surface area contributed by atoms with Crippen LogP contribution in [0.5, 0.6) is 0 Å². The minimum atomic E-state index is -1.55. The molecule has 0 unspecified atom stereocenters. The molecule has 33 heavy (non-hydrogen) atoms. The lowest BCUT2D eigenvalue weighted by Gasteiger charge is -2.42. The van der Waals surface area contributed by atoms with Crippen LogP contribution in [0.4, 0.5) is 11.4 Å². The molecular weight excluding hydrogens is 433 g/mol. The first-order chi connectivity index (χ1) is 15.2. The number of para-hydroxylation sites is 2. The van der Waals surface area contributed by atoms with Crippen LogP contribution < -0.4 is 9.13 Å². The molecular formula is C29H50N2Si2. The van der Waals surface area contributed by atoms with Crippen molar-refractivity contribution in [3.05, 3.63) is 58.7 Å². The van der Waals surface area contributed by atoms with Crippen LogP contribution in [-0.2, 0) is 0 Å². The van der Waals surface area contributed by atoms with Gasteiger partial charge in [0.15, 0.2) is 0 Å². The molecule has 2 aromatic rings. The predicted octanol–water partition coefficient (Wildman–Crippen LogP) is 8.92. The van der Waals surface area contributed by atoms with Gasteiger partial charge in [0, 0.05) is 24.5 Å². The van der Waals surface area contributed by atoms with Crippen LogP contribution in [0.25, 0.3) is 0 Å². The second-order valence-electron chi connectivity index (χ2n) is 12.3. The first-order valence-corrected chi connectivity index (χ1v) is 19.8. The van der Waals surface area contributed by atoms with E-state index >= 15 is 0 Å². The summed E-state index contributed by atoms with van der Waals surface area (Å²) in [6.45, 7) is 31.2. The second kappa shape index (κ2) is 10.8. The van der Waals surface area contributed by atoms with Crippen LogP contribution in [0.1, 0.15) is 68.2 Å². The third-order valence-corrected chi connectivity index (χ3v) is 10.8. The highest BCUT2D eigenvalue weighted by Crippen LogP contribution is 2.36. The summed E-state index contributed by atoms with van der Waals surface area (Å²) in [5, 5.41) is 0. The summed E-state index contributed by atoms with van der Waals surface area (Å²) >= 11 is 0. The van der Waals surface area contributed by atoms with Crippen LogP contribution in [-0.4, -0.2) is 29.6 Å². The van der Waals surface area contributed by atoms with Crippen LogP contribution in [0.15, 0.2) is 36.4 Å². The lowest BCUT2D eigenvalue weighted by Crippen LogP contribution is -2.51. The molecule has 0 aliphatic rings. The Kier molecular flexibility index (Phi) is 9.08. The molecule has 0 aliphatic heterocycles. The third kappa shape index (κ3) is 6.76. The maximum atomic E-state index is 2.81. The molecule has 0 amide bonds. The fourth-order valence-corrected chi connectivity index (χ4v) is 8.60. The third-order valence-electron chi connectivity index (χ3n) is 6.70. The lowest BCUT2D eigenvalue weighted by molar-refractivity contribution is 0.790. The molecule has 0 saturated carbocycles. The van der Waals surface area contributed by atoms with Crippen molar-refractivity contribution in [2.24, 2.45) is 0 Å². The molecule has 2 rings (SSSR count). The van der Waals surface area contributed by atoms with E-state index in [1.165, 1.54) is 40.0 Å². The van der Waals surface area contributed by atoms with E-state index in [1.54, 1.807) is 0 Å². The largest absolute Gasteiger partial charge is 0.397 e. The van der Waals surface area contributed by atoms with Gasteiger partial charge in [0.05, 0.1) is 0 Å². The Balaban J connectivity index is 2.40. The molecule has 0 radical (unpaired) electrons. The zero-order valence-electron chi connectivity index (χ0n) is 23.6. The van der Waals surface area contributed by atoms with E-state index < -0.39 is 16.5 Å². The van der Waals surface area contributed by atoms with Gasteiger partial charge in [-0.3, -0.25) is 0 Å². The van der Waals surface area contributed by atoms with Crippen molar-refractivity contribution in [2.75, 3.05) is 22.2 Å². The molecule has 0 spiro atoms. The van der Waals surface area contributed by atoms with Gasteiger partial charge in [-0.25, -0.2) is 0 Å². The summed E-state index contributed by atoms with van der Waals surface area (Å²) in [5.41, 5.74) is 8.86. The highest BCUT2D eigenvalue weighted by molar-refractivity contribution is 6.80. The van der Waals surface area contributed by atoms with E-state index in [4.69, 9.17) is 0 Å². The predicted molar refractivity (Wildman–Crippen MR) is 157 cm³/mol. The van der Waals surface area contributed by atoms with Gasteiger partial charge in [0.2, 0.25) is 0 Å². The van der Waals surface area contributed by atoms with Gasteiger partial charge in [0.25, 0.3) is 0 Å². The molecule has 0 heterocycles. The van der Waals surface area contributed by atoms with Crippen LogP contribution >= 0.6 is 0 Å². The number of rotatable bonds is 10. The van der Waals surface area contributed by atoms with E-state index in [1.807, 2.05) is 0 Å². The molecule has 0 bridgehead atoms. The Bertz CT molecular complexity index is 845. The van der Waals surface area contributed by atoms with E-state index in [2.05, 4.69) is 126 Å². The number of aryl methyl sites for hydroxylation is 2. The molecule has 0 atom stereocenters. The van der Waals surface area contributed by atoms with Gasteiger partial charge in [-0.2, -0.15) is 0 Å². The van der Waals surface area contributed by atoms with Crippen molar-refractivity contribution < 1.29 is 0 Å². The van der Waals surface area contributed by atoms with Crippen LogP contribution in [0.3, 0.4) is 0 Å². The Hall–Kier alpha value is -1.53. The average molecular weight is 483 g/mol. The Morgan fingerprint density at radius 1 is 0.606 bits per heavy atom. The Morgan fingerprint density at radius 2 is 0.939 bits per heavy atom. The SMILES string of the molecule is Cc1cccc(C(C)C)c1N(CCCN(c1c(C)cccc1C(C)C)[Si](C)(C)C)[Si](C)(C)C. The monoisotopic (exact) mass is 482 g/mol. The van der Waals surface area contributed by atoms with Gasteiger partial charge >= 0.3 is 0 Å². The summed E-state index contributed by atoms with van der Waals surface area (Å²) in [5.74, 6) is 1.08. The number of benzene rings is 2. The number of nitrogens with zero attached hydrogens (tertiary/aromatic N) is 2. The van der Waals surface area contributed by atoms with Crippen molar-refractivity contribution in [3.8, 4) is 0 Å². The van der Waals surface area contributed by atoms with Gasteiger partial charge in [0.1, 0.15) is 16.5 Å². The standard InChI is InChI=1S/C29H50N2Si2/c1-22(2)26-18-13-16-24(5)28(26)30(32(7,8)9)20-15-21-31(33(10,11)12)29-25(6)17-14-19-27(29)23(3)4/h13-14,16-19,22-23H,15,20-21H2,1-12H3. The second-order valence-corrected chi connectivity index (χ2v) is 22.1. The number of anilines is 2. The first-order valence-electron chi connectivity index (χ1n) is 12.9. The van der Waals surface area contributed by atoms with Crippen LogP contribution in [0.2, 0.25) is 39.3 Å². The summed E-state index contributed by atoms with van der Waals surface area (Å²) < 4.78 is 5.61. The van der Waals surface area contributed by atoms with E-state index in [-0.39, 0.29) is 0 Å². The quantitative estimate of drug-likeness (QED) is 0.312. The molecule has 0 aromatic heterocycles. The zero-order chi connectivity index (χ0) is 25.1. The molecule has 0 aliphatic carbocycles. The zero-order valence-corrected chi connectivity index (χ0v) is 25.6. The van der Waals surface area contributed by atoms with Crippen molar-refractivity contribution in [1.29, 1.82) is 0 Å². The van der Waals surface area contributed by atoms with Gasteiger partial charge in [-0.15, -0.1) is 0 Å². The lowest BCUT2D eigenvalue weighted by atomic mass is 9.98. The smallest absolute Gasteiger partial charge is 0.147 e. The van der Waals surface area contributed by atoms with E-state index in [0.29, 0.717) is 11.8 Å². The van der Waals surface area contributed by atoms with Crippen LogP contribution in [0, 0.1) is 13.8 Å². The van der Waals surface area contributed by atoms with Crippen molar-refractivity contribution >= 4 is 27.8 Å². The minimum Gasteiger partial charge on any atom is -0.397 e. The molecule has 0 fully saturated rings. The number of hydrogen-bond acceptors (Lipinski definition) is 2. The highest BCUT2D eigenvalue weighted by atomic mass is 28.3. The maximum absolute atomic E-state index is 2.81. The summed E-state index contributed by atoms with van der Waals surface area (Å²) in [4.78, 5) is 0. The summed E-state index contributed by atoms with van der Waals surface area (Å²) in [7, 11) is -3.09. The summed E-state index contributed by atoms with van der Waals surface area (Å²) in [6.07, 6.45) is 1.19. The minimum absolute atomic E-state index is 0.540. The topological polar surface area (TPSA) is 6.48 Å². The molecule has 0 N–H and O–H groups in total. The fraction of sp³-hybridized carbons (Fsp3) is 0.586. The molecule has 2 aromatic carbocycles. The highest BCUT2D eigenvalue weighted by Gasteiger charge is 2.30. The molecule has 184 valence electrons. The van der Waals surface area contributed by atoms with Crippen molar-refractivity contribution in [1.82, 2.24) is 0 Å². The Morgan fingerprint density at radius 3 is 1.21 bits per heavy atom. The summed E-state index contributed by atoms with van der Waals surface area (Å²) in [6, 6.07) is 13.7. The Labute approximate surface area is 207 Å².